The molecule has 178 valence electrons. The number of aromatic hydroxyl groups is 1. The minimum absolute atomic E-state index is 0.0247. The topological polar surface area (TPSA) is 87.1 Å². The average molecular weight is 490 g/mol. The van der Waals surface area contributed by atoms with Crippen LogP contribution in [0.1, 0.15) is 41.1 Å². The molecule has 1 aliphatic carbocycles. The summed E-state index contributed by atoms with van der Waals surface area (Å²) in [4.78, 5) is 28.0. The molecule has 0 bridgehead atoms. The first kappa shape index (κ1) is 23.0. The summed E-state index contributed by atoms with van der Waals surface area (Å²) in [5, 5.41) is 21.4. The Morgan fingerprint density at radius 2 is 1.69 bits per heavy atom. The van der Waals surface area contributed by atoms with Gasteiger partial charge < -0.3 is 14.9 Å². The monoisotopic (exact) mass is 489 g/mol. The molecular formula is C28H24ClNO5. The number of amides is 1. The van der Waals surface area contributed by atoms with Gasteiger partial charge in [-0.25, -0.2) is 0 Å². The fourth-order valence-corrected chi connectivity index (χ4v) is 5.08. The van der Waals surface area contributed by atoms with E-state index in [4.69, 9.17) is 16.3 Å². The normalized spacial score (nSPS) is 19.0. The number of aryl methyl sites for hydroxylation is 2. The molecule has 1 fully saturated rings. The van der Waals surface area contributed by atoms with Crippen LogP contribution in [0.2, 0.25) is 5.02 Å². The summed E-state index contributed by atoms with van der Waals surface area (Å²) in [5.41, 5.74) is 3.81. The standard InChI is InChI=1S/C28H24ClNO5/c1-35-21-11-9-20(10-12-21)30-25(18-8-13-23(31)22(29)15-18)24(27(33)28(30)34)26(32)19-7-6-16-4-2-3-5-17(16)14-19/h6-15,25,31-32H,2-5H2,1H3/b26-24-. The third-order valence-electron chi connectivity index (χ3n) is 6.70. The molecule has 1 amide bonds. The smallest absolute Gasteiger partial charge is 0.300 e. The number of carbonyl (C=O) groups excluding carboxylic acids is 2. The summed E-state index contributed by atoms with van der Waals surface area (Å²) in [5.74, 6) is -1.30. The minimum atomic E-state index is -0.933. The van der Waals surface area contributed by atoms with E-state index in [1.807, 2.05) is 12.1 Å². The lowest BCUT2D eigenvalue weighted by molar-refractivity contribution is -0.132. The molecule has 1 unspecified atom stereocenters. The van der Waals surface area contributed by atoms with Crippen LogP contribution in [0.25, 0.3) is 5.76 Å². The van der Waals surface area contributed by atoms with Crippen molar-refractivity contribution in [2.24, 2.45) is 0 Å². The molecule has 1 aliphatic heterocycles. The number of phenols is 1. The van der Waals surface area contributed by atoms with Crippen LogP contribution in [-0.4, -0.2) is 29.0 Å². The van der Waals surface area contributed by atoms with E-state index >= 15 is 0 Å². The lowest BCUT2D eigenvalue weighted by atomic mass is 9.88. The van der Waals surface area contributed by atoms with Gasteiger partial charge in [-0.2, -0.15) is 0 Å². The van der Waals surface area contributed by atoms with E-state index in [-0.39, 0.29) is 22.1 Å². The number of rotatable bonds is 4. The summed E-state index contributed by atoms with van der Waals surface area (Å²) in [7, 11) is 1.54. The first-order valence-corrected chi connectivity index (χ1v) is 11.8. The van der Waals surface area contributed by atoms with Crippen LogP contribution in [0.4, 0.5) is 5.69 Å². The zero-order valence-electron chi connectivity index (χ0n) is 19.1. The second-order valence-electron chi connectivity index (χ2n) is 8.77. The molecule has 7 heteroatoms. The highest BCUT2D eigenvalue weighted by atomic mass is 35.5. The Bertz CT molecular complexity index is 1360. The highest BCUT2D eigenvalue weighted by Crippen LogP contribution is 2.44. The predicted octanol–water partition coefficient (Wildman–Crippen LogP) is 5.56. The Hall–Kier alpha value is -3.77. The van der Waals surface area contributed by atoms with Crippen molar-refractivity contribution in [3.8, 4) is 11.5 Å². The number of halogens is 1. The van der Waals surface area contributed by atoms with Crippen molar-refractivity contribution in [3.63, 3.8) is 0 Å². The van der Waals surface area contributed by atoms with E-state index in [1.165, 1.54) is 29.7 Å². The maximum absolute atomic E-state index is 13.3. The highest BCUT2D eigenvalue weighted by Gasteiger charge is 2.47. The van der Waals surface area contributed by atoms with Crippen molar-refractivity contribution < 1.29 is 24.5 Å². The molecule has 0 spiro atoms. The van der Waals surface area contributed by atoms with Gasteiger partial charge in [0.1, 0.15) is 17.3 Å². The average Bonchev–Trinajstić information content (AvgIpc) is 3.15. The van der Waals surface area contributed by atoms with Gasteiger partial charge in [0, 0.05) is 11.3 Å². The number of anilines is 1. The van der Waals surface area contributed by atoms with Crippen molar-refractivity contribution in [2.45, 2.75) is 31.7 Å². The molecule has 0 saturated carbocycles. The summed E-state index contributed by atoms with van der Waals surface area (Å²) >= 11 is 6.19. The number of Topliss-reactive ketones (excluding diaryl/α,β-unsaturated/α-hetero) is 1. The number of aliphatic hydroxyl groups excluding tert-OH is 1. The lowest BCUT2D eigenvalue weighted by Crippen LogP contribution is -2.29. The van der Waals surface area contributed by atoms with Crippen LogP contribution in [0.15, 0.2) is 66.2 Å². The number of benzene rings is 3. The van der Waals surface area contributed by atoms with Gasteiger partial charge in [0.2, 0.25) is 0 Å². The molecule has 6 nitrogen and oxygen atoms in total. The van der Waals surface area contributed by atoms with Crippen molar-refractivity contribution in [1.29, 1.82) is 0 Å². The number of aliphatic hydroxyl groups is 1. The Labute approximate surface area is 208 Å². The first-order valence-electron chi connectivity index (χ1n) is 11.4. The number of methoxy groups -OCH3 is 1. The third-order valence-corrected chi connectivity index (χ3v) is 7.01. The number of carbonyl (C=O) groups is 2. The van der Waals surface area contributed by atoms with Crippen LogP contribution in [0, 0.1) is 0 Å². The zero-order chi connectivity index (χ0) is 24.7. The third kappa shape index (κ3) is 4.04. The maximum atomic E-state index is 13.3. The van der Waals surface area contributed by atoms with Crippen LogP contribution in [-0.2, 0) is 22.4 Å². The lowest BCUT2D eigenvalue weighted by Gasteiger charge is -2.26. The molecular weight excluding hydrogens is 466 g/mol. The summed E-state index contributed by atoms with van der Waals surface area (Å²) in [6, 6.07) is 16.0. The molecule has 1 saturated heterocycles. The fourth-order valence-electron chi connectivity index (χ4n) is 4.89. The molecule has 1 atom stereocenters. The molecule has 0 radical (unpaired) electrons. The van der Waals surface area contributed by atoms with Crippen molar-refractivity contribution in [3.05, 3.63) is 93.5 Å². The van der Waals surface area contributed by atoms with Gasteiger partial charge in [0.25, 0.3) is 11.7 Å². The van der Waals surface area contributed by atoms with Gasteiger partial charge in [-0.1, -0.05) is 29.8 Å². The SMILES string of the molecule is COc1ccc(N2C(=O)C(=O)/C(=C(\O)c3ccc4c(c3)CCCC4)C2c2ccc(O)c(Cl)c2)cc1. The quantitative estimate of drug-likeness (QED) is 0.284. The first-order chi connectivity index (χ1) is 16.9. The largest absolute Gasteiger partial charge is 0.507 e. The minimum Gasteiger partial charge on any atom is -0.507 e. The van der Waals surface area contributed by atoms with E-state index in [0.717, 1.165) is 31.2 Å². The van der Waals surface area contributed by atoms with Crippen molar-refractivity contribution in [1.82, 2.24) is 0 Å². The van der Waals surface area contributed by atoms with Gasteiger partial charge in [0.15, 0.2) is 0 Å². The number of fused-ring (bicyclic) bond motifs is 1. The Kier molecular flexibility index (Phi) is 5.99. The van der Waals surface area contributed by atoms with Gasteiger partial charge in [0.05, 0.1) is 23.7 Å². The van der Waals surface area contributed by atoms with Gasteiger partial charge in [-0.3, -0.25) is 14.5 Å². The van der Waals surface area contributed by atoms with Gasteiger partial charge in [-0.15, -0.1) is 0 Å². The fraction of sp³-hybridized carbons (Fsp3) is 0.214. The molecule has 35 heavy (non-hydrogen) atoms. The van der Waals surface area contributed by atoms with Gasteiger partial charge >= 0.3 is 0 Å². The summed E-state index contributed by atoms with van der Waals surface area (Å²) in [6.07, 6.45) is 4.11. The highest BCUT2D eigenvalue weighted by molar-refractivity contribution is 6.51. The molecule has 5 rings (SSSR count). The van der Waals surface area contributed by atoms with E-state index < -0.39 is 17.7 Å². The number of ketones is 1. The molecule has 2 N–H and O–H groups in total. The molecule has 1 heterocycles. The number of phenolic OH excluding ortho intramolecular Hbond substituents is 1. The molecule has 2 aliphatic rings. The van der Waals surface area contributed by atoms with Crippen LogP contribution < -0.4 is 9.64 Å². The zero-order valence-corrected chi connectivity index (χ0v) is 19.9. The molecule has 0 aromatic heterocycles. The van der Waals surface area contributed by atoms with Gasteiger partial charge in [-0.05, 0) is 84.8 Å². The summed E-state index contributed by atoms with van der Waals surface area (Å²) in [6.45, 7) is 0. The molecule has 3 aromatic carbocycles. The Morgan fingerprint density at radius 1 is 0.971 bits per heavy atom. The van der Waals surface area contributed by atoms with E-state index in [9.17, 15) is 19.8 Å². The van der Waals surface area contributed by atoms with Crippen molar-refractivity contribution in [2.75, 3.05) is 12.0 Å². The van der Waals surface area contributed by atoms with E-state index in [1.54, 1.807) is 36.4 Å². The number of hydrogen-bond acceptors (Lipinski definition) is 5. The van der Waals surface area contributed by atoms with E-state index in [0.29, 0.717) is 22.6 Å². The number of nitrogens with zero attached hydrogens (tertiary/aromatic N) is 1. The van der Waals surface area contributed by atoms with Crippen LogP contribution in [0.3, 0.4) is 0 Å². The van der Waals surface area contributed by atoms with Crippen LogP contribution in [0.5, 0.6) is 11.5 Å². The number of ether oxygens (including phenoxy) is 1. The predicted molar refractivity (Wildman–Crippen MR) is 134 cm³/mol. The number of hydrogen-bond donors (Lipinski definition) is 2. The Morgan fingerprint density at radius 3 is 2.37 bits per heavy atom. The second kappa shape index (κ2) is 9.12. The molecule has 3 aromatic rings. The van der Waals surface area contributed by atoms with E-state index in [2.05, 4.69) is 0 Å². The maximum Gasteiger partial charge on any atom is 0.300 e. The summed E-state index contributed by atoms with van der Waals surface area (Å²) < 4.78 is 5.22. The van der Waals surface area contributed by atoms with Crippen LogP contribution >= 0.6 is 11.6 Å². The van der Waals surface area contributed by atoms with Crippen molar-refractivity contribution >= 4 is 34.7 Å². The Balaban J connectivity index is 1.69. The second-order valence-corrected chi connectivity index (χ2v) is 9.18.